The molecule has 1 fully saturated rings. The van der Waals surface area contributed by atoms with Gasteiger partial charge in [0.1, 0.15) is 5.69 Å². The lowest BCUT2D eigenvalue weighted by atomic mass is 9.83. The molecule has 1 aliphatic carbocycles. The molecule has 6 nitrogen and oxygen atoms in total. The zero-order valence-electron chi connectivity index (χ0n) is 16.6. The van der Waals surface area contributed by atoms with Crippen molar-refractivity contribution in [1.29, 1.82) is 0 Å². The molecule has 1 aliphatic rings. The highest BCUT2D eigenvalue weighted by atomic mass is 35.5. The number of hydrogen-bond acceptors (Lipinski definition) is 4. The van der Waals surface area contributed by atoms with Crippen LogP contribution in [0.4, 0.5) is 4.79 Å². The Balaban J connectivity index is 1.84. The van der Waals surface area contributed by atoms with E-state index in [1.165, 1.54) is 25.7 Å². The van der Waals surface area contributed by atoms with Crippen molar-refractivity contribution in [1.82, 2.24) is 14.5 Å². The molecule has 2 aromatic heterocycles. The molecule has 0 radical (unpaired) electrons. The zero-order valence-corrected chi connectivity index (χ0v) is 17.3. The van der Waals surface area contributed by atoms with Crippen LogP contribution in [-0.2, 0) is 6.54 Å². The van der Waals surface area contributed by atoms with E-state index in [-0.39, 0.29) is 6.01 Å². The first-order valence-electron chi connectivity index (χ1n) is 9.95. The van der Waals surface area contributed by atoms with Gasteiger partial charge in [-0.05, 0) is 49.3 Å². The molecule has 0 atom stereocenters. The maximum Gasteiger partial charge on any atom is 0.513 e. The fraction of sp³-hybridized carbons (Fsp3) is 0.409. The van der Waals surface area contributed by atoms with E-state index in [1.807, 2.05) is 25.1 Å². The van der Waals surface area contributed by atoms with Crippen molar-refractivity contribution >= 4 is 28.8 Å². The Kier molecular flexibility index (Phi) is 5.46. The first-order chi connectivity index (χ1) is 13.9. The smallest absolute Gasteiger partial charge is 0.449 e. The standard InChI is InChI=1S/C22H24ClN3O3/c1-13-6-8-15(9-7-13)12-26-11-14(2)18-20(26)19(16-4-3-5-17(23)10-16)25-21(24-18)29-22(27)28/h3-5,10-11,13,15H,6-9,12H2,1-2H3,(H,27,28)/t13-,15-. The number of halogens is 1. The number of rotatable bonds is 4. The maximum absolute atomic E-state index is 11.1. The Bertz CT molecular complexity index is 1050. The van der Waals surface area contributed by atoms with Gasteiger partial charge in [-0.25, -0.2) is 4.79 Å². The molecule has 0 unspecified atom stereocenters. The predicted octanol–water partition coefficient (Wildman–Crippen LogP) is 5.94. The summed E-state index contributed by atoms with van der Waals surface area (Å²) < 4.78 is 7.01. The van der Waals surface area contributed by atoms with E-state index >= 15 is 0 Å². The van der Waals surface area contributed by atoms with E-state index < -0.39 is 6.16 Å². The number of fused-ring (bicyclic) bond motifs is 1. The first-order valence-corrected chi connectivity index (χ1v) is 10.3. The molecule has 1 saturated carbocycles. The van der Waals surface area contributed by atoms with E-state index in [9.17, 15) is 4.79 Å². The van der Waals surface area contributed by atoms with Crippen LogP contribution in [0.15, 0.2) is 30.5 Å². The van der Waals surface area contributed by atoms with E-state index in [0.717, 1.165) is 29.1 Å². The molecular weight excluding hydrogens is 390 g/mol. The van der Waals surface area contributed by atoms with Crippen LogP contribution in [0.3, 0.4) is 0 Å². The summed E-state index contributed by atoms with van der Waals surface area (Å²) in [5.74, 6) is 1.42. The van der Waals surface area contributed by atoms with Gasteiger partial charge in [0.05, 0.1) is 11.0 Å². The molecule has 4 rings (SSSR count). The lowest BCUT2D eigenvalue weighted by molar-refractivity contribution is 0.140. The van der Waals surface area contributed by atoms with Crippen molar-refractivity contribution < 1.29 is 14.6 Å². The highest BCUT2D eigenvalue weighted by molar-refractivity contribution is 6.30. The summed E-state index contributed by atoms with van der Waals surface area (Å²) in [4.78, 5) is 19.9. The first kappa shape index (κ1) is 19.7. The molecule has 152 valence electrons. The number of ether oxygens (including phenoxy) is 1. The summed E-state index contributed by atoms with van der Waals surface area (Å²) in [7, 11) is 0. The number of carbonyl (C=O) groups is 1. The Labute approximate surface area is 174 Å². The van der Waals surface area contributed by atoms with Crippen molar-refractivity contribution in [2.24, 2.45) is 11.8 Å². The van der Waals surface area contributed by atoms with Crippen molar-refractivity contribution in [2.45, 2.75) is 46.1 Å². The monoisotopic (exact) mass is 413 g/mol. The minimum absolute atomic E-state index is 0.174. The summed E-state index contributed by atoms with van der Waals surface area (Å²) in [5, 5.41) is 9.62. The molecule has 0 amide bonds. The summed E-state index contributed by atoms with van der Waals surface area (Å²) >= 11 is 6.21. The third-order valence-electron chi connectivity index (χ3n) is 5.74. The van der Waals surface area contributed by atoms with Gasteiger partial charge in [0, 0.05) is 23.3 Å². The average Bonchev–Trinajstić information content (AvgIpc) is 2.98. The molecule has 0 aliphatic heterocycles. The lowest BCUT2D eigenvalue weighted by Gasteiger charge is -2.26. The number of benzene rings is 1. The van der Waals surface area contributed by atoms with Crippen LogP contribution in [0, 0.1) is 18.8 Å². The van der Waals surface area contributed by atoms with Gasteiger partial charge in [-0.3, -0.25) is 0 Å². The molecule has 1 N–H and O–H groups in total. The minimum atomic E-state index is -1.44. The second-order valence-corrected chi connectivity index (χ2v) is 8.46. The van der Waals surface area contributed by atoms with Crippen LogP contribution in [-0.4, -0.2) is 25.8 Å². The highest BCUT2D eigenvalue weighted by Crippen LogP contribution is 2.35. The number of nitrogens with zero attached hydrogens (tertiary/aromatic N) is 3. The topological polar surface area (TPSA) is 77.2 Å². The fourth-order valence-electron chi connectivity index (χ4n) is 4.24. The van der Waals surface area contributed by atoms with Crippen LogP contribution >= 0.6 is 11.6 Å². The Morgan fingerprint density at radius 3 is 2.72 bits per heavy atom. The molecule has 1 aromatic carbocycles. The van der Waals surface area contributed by atoms with Gasteiger partial charge in [-0.1, -0.05) is 43.5 Å². The molecule has 7 heteroatoms. The van der Waals surface area contributed by atoms with E-state index in [4.69, 9.17) is 21.4 Å². The van der Waals surface area contributed by atoms with Gasteiger partial charge in [0.2, 0.25) is 0 Å². The van der Waals surface area contributed by atoms with Gasteiger partial charge >= 0.3 is 12.2 Å². The number of aryl methyl sites for hydroxylation is 1. The van der Waals surface area contributed by atoms with Crippen LogP contribution < -0.4 is 4.74 Å². The van der Waals surface area contributed by atoms with Gasteiger partial charge in [-0.2, -0.15) is 9.97 Å². The number of aromatic nitrogens is 3. The molecular formula is C22H24ClN3O3. The molecule has 0 saturated heterocycles. The summed E-state index contributed by atoms with van der Waals surface area (Å²) in [6.07, 6.45) is 5.60. The van der Waals surface area contributed by atoms with Crippen LogP contribution in [0.5, 0.6) is 6.01 Å². The second-order valence-electron chi connectivity index (χ2n) is 8.02. The third kappa shape index (κ3) is 4.22. The van der Waals surface area contributed by atoms with Gasteiger partial charge in [0.15, 0.2) is 0 Å². The highest BCUT2D eigenvalue weighted by Gasteiger charge is 2.23. The van der Waals surface area contributed by atoms with E-state index in [0.29, 0.717) is 22.2 Å². The van der Waals surface area contributed by atoms with Crippen molar-refractivity contribution in [3.8, 4) is 17.3 Å². The molecule has 2 heterocycles. The van der Waals surface area contributed by atoms with Gasteiger partial charge in [-0.15, -0.1) is 0 Å². The number of carboxylic acid groups (broad SMARTS) is 1. The zero-order chi connectivity index (χ0) is 20.5. The maximum atomic E-state index is 11.1. The van der Waals surface area contributed by atoms with Crippen molar-refractivity contribution in [3.05, 3.63) is 41.0 Å². The SMILES string of the molecule is Cc1cn(C[C@H]2CC[C@H](C)CC2)c2c(-c3cccc(Cl)c3)nc(OC(=O)O)nc12. The second kappa shape index (κ2) is 8.03. The largest absolute Gasteiger partial charge is 0.513 e. The summed E-state index contributed by atoms with van der Waals surface area (Å²) in [6.45, 7) is 5.19. The lowest BCUT2D eigenvalue weighted by Crippen LogP contribution is -2.17. The van der Waals surface area contributed by atoms with Crippen LogP contribution in [0.25, 0.3) is 22.3 Å². The molecule has 0 spiro atoms. The van der Waals surface area contributed by atoms with Gasteiger partial charge < -0.3 is 14.4 Å². The fourth-order valence-corrected chi connectivity index (χ4v) is 4.43. The Morgan fingerprint density at radius 2 is 2.03 bits per heavy atom. The molecule has 0 bridgehead atoms. The van der Waals surface area contributed by atoms with Crippen molar-refractivity contribution in [3.63, 3.8) is 0 Å². The normalized spacial score (nSPS) is 19.4. The number of hydrogen-bond donors (Lipinski definition) is 1. The predicted molar refractivity (Wildman–Crippen MR) is 112 cm³/mol. The molecule has 3 aromatic rings. The Hall–Kier alpha value is -2.60. The Morgan fingerprint density at radius 1 is 1.28 bits per heavy atom. The molecule has 29 heavy (non-hydrogen) atoms. The van der Waals surface area contributed by atoms with Crippen molar-refractivity contribution in [2.75, 3.05) is 0 Å². The quantitative estimate of drug-likeness (QED) is 0.535. The van der Waals surface area contributed by atoms with E-state index in [2.05, 4.69) is 27.7 Å². The minimum Gasteiger partial charge on any atom is -0.449 e. The third-order valence-corrected chi connectivity index (χ3v) is 5.98. The summed E-state index contributed by atoms with van der Waals surface area (Å²) in [6, 6.07) is 7.21. The van der Waals surface area contributed by atoms with Gasteiger partial charge in [0.25, 0.3) is 0 Å². The van der Waals surface area contributed by atoms with Crippen LogP contribution in [0.1, 0.15) is 38.2 Å². The van der Waals surface area contributed by atoms with Crippen LogP contribution in [0.2, 0.25) is 5.02 Å². The average molecular weight is 414 g/mol. The van der Waals surface area contributed by atoms with E-state index in [1.54, 1.807) is 6.07 Å². The summed E-state index contributed by atoms with van der Waals surface area (Å²) in [5.41, 5.74) is 3.99.